The van der Waals surface area contributed by atoms with Gasteiger partial charge in [0.1, 0.15) is 12.6 Å². The van der Waals surface area contributed by atoms with Gasteiger partial charge in [0.2, 0.25) is 0 Å². The number of hydrogen-bond donors (Lipinski definition) is 2. The van der Waals surface area contributed by atoms with Crippen LogP contribution in [0.5, 0.6) is 0 Å². The number of carbonyl (C=O) groups excluding carboxylic acids is 2. The molecule has 0 spiro atoms. The van der Waals surface area contributed by atoms with Crippen molar-refractivity contribution < 1.29 is 14.3 Å². The molecule has 1 aliphatic heterocycles. The first-order valence-corrected chi connectivity index (χ1v) is 5.64. The number of benzene rings is 1. The maximum atomic E-state index is 11.5. The van der Waals surface area contributed by atoms with Gasteiger partial charge in [0.25, 0.3) is 5.91 Å². The van der Waals surface area contributed by atoms with E-state index in [1.165, 1.54) is 0 Å². The van der Waals surface area contributed by atoms with Gasteiger partial charge in [-0.25, -0.2) is 9.80 Å². The molecule has 0 radical (unpaired) electrons. The van der Waals surface area contributed by atoms with Crippen LogP contribution in [0.1, 0.15) is 5.56 Å². The van der Waals surface area contributed by atoms with E-state index in [0.29, 0.717) is 6.54 Å². The average Bonchev–Trinajstić information content (AvgIpc) is 2.67. The minimum Gasteiger partial charge on any atom is -0.445 e. The molecule has 1 fully saturated rings. The molecule has 0 bridgehead atoms. The van der Waals surface area contributed by atoms with E-state index in [-0.39, 0.29) is 12.5 Å². The van der Waals surface area contributed by atoms with E-state index in [1.807, 2.05) is 30.3 Å². The van der Waals surface area contributed by atoms with Crippen molar-refractivity contribution in [1.29, 1.82) is 0 Å². The molecular weight excluding hydrogens is 234 g/mol. The van der Waals surface area contributed by atoms with Gasteiger partial charge in [-0.05, 0) is 5.56 Å². The van der Waals surface area contributed by atoms with Gasteiger partial charge < -0.3 is 10.1 Å². The van der Waals surface area contributed by atoms with E-state index in [9.17, 15) is 9.59 Å². The lowest BCUT2D eigenvalue weighted by atomic mass is 10.2. The predicted octanol–water partition coefficient (Wildman–Crippen LogP) is 0.258. The van der Waals surface area contributed by atoms with Crippen LogP contribution >= 0.6 is 0 Å². The topological polar surface area (TPSA) is 70.7 Å². The zero-order valence-corrected chi connectivity index (χ0v) is 10.1. The second kappa shape index (κ2) is 5.50. The molecule has 2 rings (SSSR count). The highest BCUT2D eigenvalue weighted by molar-refractivity contribution is 5.87. The van der Waals surface area contributed by atoms with Crippen molar-refractivity contribution in [3.05, 3.63) is 35.9 Å². The predicted molar refractivity (Wildman–Crippen MR) is 64.3 cm³/mol. The van der Waals surface area contributed by atoms with Crippen LogP contribution in [-0.2, 0) is 16.1 Å². The molecule has 1 aromatic rings. The number of amides is 2. The van der Waals surface area contributed by atoms with E-state index in [2.05, 4.69) is 10.7 Å². The monoisotopic (exact) mass is 249 g/mol. The first kappa shape index (κ1) is 12.4. The number of nitrogens with one attached hydrogen (secondary N) is 2. The molecule has 1 unspecified atom stereocenters. The summed E-state index contributed by atoms with van der Waals surface area (Å²) in [6.45, 7) is 0.621. The van der Waals surface area contributed by atoms with Gasteiger partial charge in [0, 0.05) is 13.6 Å². The fourth-order valence-electron chi connectivity index (χ4n) is 1.69. The van der Waals surface area contributed by atoms with Crippen molar-refractivity contribution in [2.24, 2.45) is 0 Å². The first-order valence-electron chi connectivity index (χ1n) is 5.64. The van der Waals surface area contributed by atoms with Crippen molar-refractivity contribution in [2.75, 3.05) is 13.6 Å². The molecular formula is C12H15N3O3. The molecule has 0 aliphatic carbocycles. The Labute approximate surface area is 105 Å². The second-order valence-electron chi connectivity index (χ2n) is 4.12. The third-order valence-corrected chi connectivity index (χ3v) is 2.58. The molecule has 6 nitrogen and oxygen atoms in total. The van der Waals surface area contributed by atoms with Crippen molar-refractivity contribution in [2.45, 2.75) is 12.6 Å². The highest BCUT2D eigenvalue weighted by Crippen LogP contribution is 2.02. The third-order valence-electron chi connectivity index (χ3n) is 2.58. The Bertz CT molecular complexity index is 435. The van der Waals surface area contributed by atoms with E-state index in [4.69, 9.17) is 4.74 Å². The smallest absolute Gasteiger partial charge is 0.408 e. The summed E-state index contributed by atoms with van der Waals surface area (Å²) in [6, 6.07) is 8.80. The number of hydrazine groups is 1. The van der Waals surface area contributed by atoms with Crippen LogP contribution in [0.3, 0.4) is 0 Å². The average molecular weight is 249 g/mol. The van der Waals surface area contributed by atoms with Crippen LogP contribution in [0.2, 0.25) is 0 Å². The Balaban J connectivity index is 1.77. The maximum absolute atomic E-state index is 11.5. The fourth-order valence-corrected chi connectivity index (χ4v) is 1.69. The lowest BCUT2D eigenvalue weighted by Crippen LogP contribution is -2.41. The summed E-state index contributed by atoms with van der Waals surface area (Å²) < 4.78 is 5.03. The second-order valence-corrected chi connectivity index (χ2v) is 4.12. The van der Waals surface area contributed by atoms with Crippen LogP contribution in [0, 0.1) is 0 Å². The van der Waals surface area contributed by atoms with Crippen molar-refractivity contribution in [3.8, 4) is 0 Å². The Morgan fingerprint density at radius 1 is 1.50 bits per heavy atom. The van der Waals surface area contributed by atoms with Crippen LogP contribution in [0.25, 0.3) is 0 Å². The largest absolute Gasteiger partial charge is 0.445 e. The molecule has 2 N–H and O–H groups in total. The van der Waals surface area contributed by atoms with Gasteiger partial charge in [0.05, 0.1) is 0 Å². The van der Waals surface area contributed by atoms with Gasteiger partial charge in [-0.15, -0.1) is 0 Å². The van der Waals surface area contributed by atoms with E-state index >= 15 is 0 Å². The highest BCUT2D eigenvalue weighted by Gasteiger charge is 2.29. The molecule has 1 aromatic carbocycles. The number of carbonyl (C=O) groups is 2. The van der Waals surface area contributed by atoms with E-state index < -0.39 is 12.1 Å². The van der Waals surface area contributed by atoms with Crippen LogP contribution in [0.4, 0.5) is 4.79 Å². The molecule has 1 atom stereocenters. The normalized spacial score (nSPS) is 19.4. The SMILES string of the molecule is CN1CC(NC(=O)OCc2ccccc2)C(=O)N1. The Morgan fingerprint density at radius 3 is 2.83 bits per heavy atom. The van der Waals surface area contributed by atoms with Gasteiger partial charge in [-0.3, -0.25) is 10.2 Å². The number of nitrogens with zero attached hydrogens (tertiary/aromatic N) is 1. The molecule has 1 heterocycles. The van der Waals surface area contributed by atoms with Crippen LogP contribution in [0.15, 0.2) is 30.3 Å². The minimum atomic E-state index is -0.589. The van der Waals surface area contributed by atoms with Gasteiger partial charge >= 0.3 is 6.09 Å². The summed E-state index contributed by atoms with van der Waals surface area (Å²) in [6.07, 6.45) is -0.589. The summed E-state index contributed by atoms with van der Waals surface area (Å²) in [7, 11) is 1.73. The number of rotatable bonds is 3. The number of hydrogen-bond acceptors (Lipinski definition) is 4. The Kier molecular flexibility index (Phi) is 3.78. The zero-order valence-electron chi connectivity index (χ0n) is 10.1. The Morgan fingerprint density at radius 2 is 2.22 bits per heavy atom. The summed E-state index contributed by atoms with van der Waals surface area (Å²) in [5.41, 5.74) is 3.47. The van der Waals surface area contributed by atoms with Gasteiger partial charge in [-0.1, -0.05) is 30.3 Å². The standard InChI is InChI=1S/C12H15N3O3/c1-15-7-10(11(16)14-15)13-12(17)18-8-9-5-3-2-4-6-9/h2-6,10H,7-8H2,1H3,(H,13,17)(H,14,16). The number of alkyl carbamates (subject to hydrolysis) is 1. The highest BCUT2D eigenvalue weighted by atomic mass is 16.5. The van der Waals surface area contributed by atoms with Crippen molar-refractivity contribution in [1.82, 2.24) is 15.8 Å². The lowest BCUT2D eigenvalue weighted by molar-refractivity contribution is -0.122. The first-order chi connectivity index (χ1) is 8.65. The Hall–Kier alpha value is -2.08. The number of ether oxygens (including phenoxy) is 1. The molecule has 2 amide bonds. The minimum absolute atomic E-state index is 0.191. The van der Waals surface area contributed by atoms with Crippen LogP contribution in [-0.4, -0.2) is 36.6 Å². The summed E-state index contributed by atoms with van der Waals surface area (Å²) in [5, 5.41) is 4.13. The number of likely N-dealkylation sites (N-methyl/N-ethyl adjacent to an activating group) is 1. The molecule has 1 aliphatic rings. The molecule has 96 valence electrons. The van der Waals surface area contributed by atoms with E-state index in [1.54, 1.807) is 12.1 Å². The van der Waals surface area contributed by atoms with Crippen LogP contribution < -0.4 is 10.7 Å². The summed E-state index contributed by atoms with van der Waals surface area (Å²) in [5.74, 6) is -0.228. The fraction of sp³-hybridized carbons (Fsp3) is 0.333. The zero-order chi connectivity index (χ0) is 13.0. The molecule has 0 aromatic heterocycles. The van der Waals surface area contributed by atoms with Crippen molar-refractivity contribution >= 4 is 12.0 Å². The summed E-state index contributed by atoms with van der Waals surface area (Å²) in [4.78, 5) is 22.9. The molecule has 1 saturated heterocycles. The maximum Gasteiger partial charge on any atom is 0.408 e. The van der Waals surface area contributed by atoms with Crippen molar-refractivity contribution in [3.63, 3.8) is 0 Å². The van der Waals surface area contributed by atoms with Gasteiger partial charge in [-0.2, -0.15) is 0 Å². The molecule has 18 heavy (non-hydrogen) atoms. The summed E-state index contributed by atoms with van der Waals surface area (Å²) >= 11 is 0. The molecule has 0 saturated carbocycles. The third kappa shape index (κ3) is 3.21. The molecule has 6 heteroatoms. The lowest BCUT2D eigenvalue weighted by Gasteiger charge is -2.10. The van der Waals surface area contributed by atoms with Gasteiger partial charge in [0.15, 0.2) is 0 Å². The quantitative estimate of drug-likeness (QED) is 0.806. The van der Waals surface area contributed by atoms with E-state index in [0.717, 1.165) is 5.56 Å².